The van der Waals surface area contributed by atoms with E-state index in [9.17, 15) is 13.2 Å². The average molecular weight is 198 g/mol. The highest BCUT2D eigenvalue weighted by atomic mass is 19.2. The van der Waals surface area contributed by atoms with Gasteiger partial charge in [-0.2, -0.15) is 0 Å². The van der Waals surface area contributed by atoms with E-state index < -0.39 is 17.5 Å². The lowest BCUT2D eigenvalue weighted by atomic mass is 10.1. The summed E-state index contributed by atoms with van der Waals surface area (Å²) >= 11 is 0. The van der Waals surface area contributed by atoms with Gasteiger partial charge in [0.2, 0.25) is 0 Å². The Morgan fingerprint density at radius 1 is 0.929 bits per heavy atom. The van der Waals surface area contributed by atoms with Crippen LogP contribution < -0.4 is 0 Å². The molecule has 0 spiro atoms. The van der Waals surface area contributed by atoms with Gasteiger partial charge in [0.1, 0.15) is 11.6 Å². The van der Waals surface area contributed by atoms with Gasteiger partial charge >= 0.3 is 0 Å². The van der Waals surface area contributed by atoms with Gasteiger partial charge in [0, 0.05) is 6.07 Å². The van der Waals surface area contributed by atoms with Crippen molar-refractivity contribution in [1.29, 1.82) is 0 Å². The number of furan rings is 1. The minimum atomic E-state index is -1.21. The molecule has 0 aliphatic heterocycles. The summed E-state index contributed by atoms with van der Waals surface area (Å²) in [6.45, 7) is 0. The first-order chi connectivity index (χ1) is 6.68. The van der Waals surface area contributed by atoms with Crippen LogP contribution >= 0.6 is 0 Å². The summed E-state index contributed by atoms with van der Waals surface area (Å²) in [6, 6.07) is 4.27. The van der Waals surface area contributed by atoms with Crippen molar-refractivity contribution in [2.45, 2.75) is 0 Å². The zero-order chi connectivity index (χ0) is 10.1. The molecule has 0 amide bonds. The lowest BCUT2D eigenvalue weighted by Crippen LogP contribution is -1.89. The molecular weight excluding hydrogens is 193 g/mol. The highest BCUT2D eigenvalue weighted by Gasteiger charge is 2.12. The van der Waals surface area contributed by atoms with Crippen LogP contribution in [0, 0.1) is 17.5 Å². The molecule has 0 N–H and O–H groups in total. The highest BCUT2D eigenvalue weighted by Crippen LogP contribution is 2.25. The van der Waals surface area contributed by atoms with Gasteiger partial charge in [-0.1, -0.05) is 0 Å². The van der Waals surface area contributed by atoms with Crippen molar-refractivity contribution in [3.63, 3.8) is 0 Å². The fourth-order valence-corrected chi connectivity index (χ4v) is 1.14. The van der Waals surface area contributed by atoms with E-state index in [0.717, 1.165) is 6.07 Å². The molecule has 0 fully saturated rings. The van der Waals surface area contributed by atoms with E-state index in [0.29, 0.717) is 6.07 Å². The van der Waals surface area contributed by atoms with Gasteiger partial charge in [0.25, 0.3) is 0 Å². The summed E-state index contributed by atoms with van der Waals surface area (Å²) < 4.78 is 43.3. The van der Waals surface area contributed by atoms with E-state index >= 15 is 0 Å². The van der Waals surface area contributed by atoms with Crippen molar-refractivity contribution < 1.29 is 17.6 Å². The van der Waals surface area contributed by atoms with E-state index in [-0.39, 0.29) is 11.3 Å². The molecule has 0 bridgehead atoms. The number of benzene rings is 1. The Morgan fingerprint density at radius 3 is 2.29 bits per heavy atom. The van der Waals surface area contributed by atoms with Crippen LogP contribution in [0.4, 0.5) is 13.2 Å². The monoisotopic (exact) mass is 198 g/mol. The number of halogens is 3. The minimum Gasteiger partial charge on any atom is -0.464 e. The van der Waals surface area contributed by atoms with Crippen molar-refractivity contribution in [2.75, 3.05) is 0 Å². The van der Waals surface area contributed by atoms with E-state index in [1.54, 1.807) is 0 Å². The highest BCUT2D eigenvalue weighted by molar-refractivity contribution is 5.58. The second kappa shape index (κ2) is 3.21. The Morgan fingerprint density at radius 2 is 1.64 bits per heavy atom. The molecular formula is C10H5F3O. The molecule has 1 aromatic heterocycles. The largest absolute Gasteiger partial charge is 0.464 e. The molecule has 1 heterocycles. The van der Waals surface area contributed by atoms with Crippen LogP contribution in [0.25, 0.3) is 11.3 Å². The summed E-state index contributed by atoms with van der Waals surface area (Å²) in [5, 5.41) is 0. The summed E-state index contributed by atoms with van der Waals surface area (Å²) in [6.07, 6.45) is 1.33. The molecule has 0 aliphatic rings. The molecule has 0 radical (unpaired) electrons. The van der Waals surface area contributed by atoms with Crippen LogP contribution in [-0.4, -0.2) is 0 Å². The van der Waals surface area contributed by atoms with Gasteiger partial charge in [-0.15, -0.1) is 0 Å². The molecule has 0 aliphatic carbocycles. The number of hydrogen-bond donors (Lipinski definition) is 0. The SMILES string of the molecule is Fc1cc(F)c(-c2ccco2)cc1F. The minimum absolute atomic E-state index is 0.0890. The third-order valence-electron chi connectivity index (χ3n) is 1.80. The lowest BCUT2D eigenvalue weighted by molar-refractivity contribution is 0.493. The van der Waals surface area contributed by atoms with Gasteiger partial charge in [-0.3, -0.25) is 0 Å². The molecule has 2 aromatic rings. The van der Waals surface area contributed by atoms with Crippen molar-refractivity contribution in [3.05, 3.63) is 48.0 Å². The van der Waals surface area contributed by atoms with Crippen molar-refractivity contribution in [2.24, 2.45) is 0 Å². The Balaban J connectivity index is 2.60. The second-order valence-corrected chi connectivity index (χ2v) is 2.72. The standard InChI is InChI=1S/C10H5F3O/c11-7-5-9(13)8(12)4-6(7)10-2-1-3-14-10/h1-5H. The topological polar surface area (TPSA) is 13.1 Å². The second-order valence-electron chi connectivity index (χ2n) is 2.72. The average Bonchev–Trinajstić information content (AvgIpc) is 2.64. The third-order valence-corrected chi connectivity index (χ3v) is 1.80. The molecule has 14 heavy (non-hydrogen) atoms. The normalized spacial score (nSPS) is 10.5. The number of rotatable bonds is 1. The predicted molar refractivity (Wildman–Crippen MR) is 44.0 cm³/mol. The Labute approximate surface area is 77.8 Å². The maximum absolute atomic E-state index is 13.1. The van der Waals surface area contributed by atoms with Crippen molar-refractivity contribution in [1.82, 2.24) is 0 Å². The Kier molecular flexibility index (Phi) is 2.04. The summed E-state index contributed by atoms with van der Waals surface area (Å²) in [5.41, 5.74) is -0.0890. The molecule has 2 rings (SSSR count). The van der Waals surface area contributed by atoms with Gasteiger partial charge in [-0.25, -0.2) is 13.2 Å². The fraction of sp³-hybridized carbons (Fsp3) is 0. The molecule has 1 nitrogen and oxygen atoms in total. The quantitative estimate of drug-likeness (QED) is 0.640. The van der Waals surface area contributed by atoms with Crippen LogP contribution in [0.15, 0.2) is 34.9 Å². The molecule has 0 saturated heterocycles. The maximum Gasteiger partial charge on any atom is 0.161 e. The van der Waals surface area contributed by atoms with Crippen molar-refractivity contribution in [3.8, 4) is 11.3 Å². The Hall–Kier alpha value is -1.71. The first kappa shape index (κ1) is 8.87. The molecule has 0 atom stereocenters. The van der Waals surface area contributed by atoms with Gasteiger partial charge in [-0.05, 0) is 18.2 Å². The zero-order valence-electron chi connectivity index (χ0n) is 6.93. The first-order valence-corrected chi connectivity index (χ1v) is 3.87. The van der Waals surface area contributed by atoms with Crippen LogP contribution in [0.2, 0.25) is 0 Å². The van der Waals surface area contributed by atoms with Crippen LogP contribution in [-0.2, 0) is 0 Å². The lowest BCUT2D eigenvalue weighted by Gasteiger charge is -2.00. The van der Waals surface area contributed by atoms with E-state index in [1.807, 2.05) is 0 Å². The first-order valence-electron chi connectivity index (χ1n) is 3.87. The summed E-state index contributed by atoms with van der Waals surface area (Å²) in [5.74, 6) is -2.99. The predicted octanol–water partition coefficient (Wildman–Crippen LogP) is 3.36. The maximum atomic E-state index is 13.1. The number of hydrogen-bond acceptors (Lipinski definition) is 1. The van der Waals surface area contributed by atoms with Crippen LogP contribution in [0.3, 0.4) is 0 Å². The third kappa shape index (κ3) is 1.39. The fourth-order valence-electron chi connectivity index (χ4n) is 1.14. The van der Waals surface area contributed by atoms with Crippen molar-refractivity contribution >= 4 is 0 Å². The van der Waals surface area contributed by atoms with E-state index in [1.165, 1.54) is 18.4 Å². The molecule has 4 heteroatoms. The van der Waals surface area contributed by atoms with Gasteiger partial charge < -0.3 is 4.42 Å². The van der Waals surface area contributed by atoms with Crippen LogP contribution in [0.1, 0.15) is 0 Å². The van der Waals surface area contributed by atoms with Crippen LogP contribution in [0.5, 0.6) is 0 Å². The smallest absolute Gasteiger partial charge is 0.161 e. The summed E-state index contributed by atoms with van der Waals surface area (Å²) in [7, 11) is 0. The van der Waals surface area contributed by atoms with Gasteiger partial charge in [0.15, 0.2) is 11.6 Å². The summed E-state index contributed by atoms with van der Waals surface area (Å²) in [4.78, 5) is 0. The van der Waals surface area contributed by atoms with E-state index in [4.69, 9.17) is 4.42 Å². The van der Waals surface area contributed by atoms with Gasteiger partial charge in [0.05, 0.1) is 11.8 Å². The molecule has 0 saturated carbocycles. The molecule has 0 unspecified atom stereocenters. The Bertz CT molecular complexity index is 449. The molecule has 1 aromatic carbocycles. The molecule has 72 valence electrons. The van der Waals surface area contributed by atoms with E-state index in [2.05, 4.69) is 0 Å². The zero-order valence-corrected chi connectivity index (χ0v) is 6.93.